The van der Waals surface area contributed by atoms with Crippen LogP contribution in [0.25, 0.3) is 0 Å². The van der Waals surface area contributed by atoms with Gasteiger partial charge in [-0.3, -0.25) is 29.1 Å². The van der Waals surface area contributed by atoms with E-state index in [1.807, 2.05) is 18.3 Å². The van der Waals surface area contributed by atoms with E-state index in [0.29, 0.717) is 25.8 Å². The Balaban J connectivity index is 1.28. The maximum absolute atomic E-state index is 13.5. The number of aliphatic carboxylic acids is 1. The van der Waals surface area contributed by atoms with Crippen LogP contribution in [0, 0.1) is 29.6 Å². The molecule has 3 fully saturated rings. The number of carbonyl (C=O) groups is 3. The van der Waals surface area contributed by atoms with Gasteiger partial charge in [0.2, 0.25) is 11.8 Å². The number of nitrogens with zero attached hydrogens (tertiary/aromatic N) is 2. The lowest BCUT2D eigenvalue weighted by Gasteiger charge is -2.42. The Morgan fingerprint density at radius 2 is 1.94 bits per heavy atom. The Morgan fingerprint density at radius 3 is 2.68 bits per heavy atom. The summed E-state index contributed by atoms with van der Waals surface area (Å²) < 4.78 is 0. The summed E-state index contributed by atoms with van der Waals surface area (Å²) in [5.41, 5.74) is 1.06. The molecule has 2 amide bonds. The smallest absolute Gasteiger partial charge is 0.305 e. The fraction of sp³-hybridized carbons (Fsp3) is 0.542. The Labute approximate surface area is 204 Å². The van der Waals surface area contributed by atoms with Crippen molar-refractivity contribution in [1.82, 2.24) is 14.9 Å². The zero-order valence-electron chi connectivity index (χ0n) is 18.4. The van der Waals surface area contributed by atoms with E-state index in [1.165, 1.54) is 16.2 Å². The van der Waals surface area contributed by atoms with Gasteiger partial charge in [-0.15, -0.1) is 11.8 Å². The summed E-state index contributed by atoms with van der Waals surface area (Å²) in [6.07, 6.45) is 6.46. The van der Waals surface area contributed by atoms with Crippen LogP contribution in [0.3, 0.4) is 0 Å². The van der Waals surface area contributed by atoms with Gasteiger partial charge in [-0.05, 0) is 48.6 Å². The van der Waals surface area contributed by atoms with E-state index in [1.54, 1.807) is 18.0 Å². The summed E-state index contributed by atoms with van der Waals surface area (Å²) in [6, 6.07) is 3.96. The topological polar surface area (TPSA) is 120 Å². The Morgan fingerprint density at radius 1 is 1.15 bits per heavy atom. The van der Waals surface area contributed by atoms with Crippen LogP contribution in [0.2, 0.25) is 0 Å². The number of likely N-dealkylation sites (tertiary alicyclic amines) is 1. The fourth-order valence-electron chi connectivity index (χ4n) is 6.96. The van der Waals surface area contributed by atoms with Gasteiger partial charge in [0.15, 0.2) is 0 Å². The van der Waals surface area contributed by atoms with Gasteiger partial charge >= 0.3 is 10.8 Å². The van der Waals surface area contributed by atoms with Gasteiger partial charge < -0.3 is 10.1 Å². The first-order chi connectivity index (χ1) is 16.5. The van der Waals surface area contributed by atoms with Crippen molar-refractivity contribution in [3.8, 4) is 0 Å². The molecule has 34 heavy (non-hydrogen) atoms. The quantitative estimate of drug-likeness (QED) is 0.444. The molecule has 0 aromatic carbocycles. The number of H-pyrrole nitrogens is 1. The predicted octanol–water partition coefficient (Wildman–Crippen LogP) is 2.95. The minimum absolute atomic E-state index is 0.00261. The number of carbonyl (C=O) groups excluding carboxylic acids is 2. The third-order valence-corrected chi connectivity index (χ3v) is 10.7. The first-order valence-corrected chi connectivity index (χ1v) is 13.5. The van der Waals surface area contributed by atoms with Crippen molar-refractivity contribution in [1.29, 1.82) is 0 Å². The summed E-state index contributed by atoms with van der Waals surface area (Å²) in [5.74, 6) is -1.07. The van der Waals surface area contributed by atoms with Crippen LogP contribution in [-0.4, -0.2) is 49.6 Å². The highest BCUT2D eigenvalue weighted by Crippen LogP contribution is 2.68. The third-order valence-electron chi connectivity index (χ3n) is 8.13. The summed E-state index contributed by atoms with van der Waals surface area (Å²) in [6.45, 7) is 0.374. The molecule has 6 rings (SSSR count). The monoisotopic (exact) mass is 499 g/mol. The van der Waals surface area contributed by atoms with Gasteiger partial charge in [-0.2, -0.15) is 0 Å². The average molecular weight is 500 g/mol. The Kier molecular flexibility index (Phi) is 5.40. The SMILES string of the molecule is O=C(O)CCCCCN1C(=O)[C@@H]2[C@H]3C[C@@H]([C@@H]2C1=O)[C@@H]1[C@@H](c2cccnc2)c2sc(=O)[nH]c2S[C@@H]31. The number of unbranched alkanes of at least 4 members (excludes halogenated alkanes) is 2. The molecule has 0 unspecified atom stereocenters. The van der Waals surface area contributed by atoms with E-state index in [-0.39, 0.29) is 63.9 Å². The summed E-state index contributed by atoms with van der Waals surface area (Å²) in [4.78, 5) is 59.5. The van der Waals surface area contributed by atoms with Gasteiger partial charge in [0.1, 0.15) is 0 Å². The van der Waals surface area contributed by atoms with Gasteiger partial charge in [0.05, 0.1) is 16.9 Å². The zero-order chi connectivity index (χ0) is 23.6. The van der Waals surface area contributed by atoms with Crippen LogP contribution in [0.4, 0.5) is 0 Å². The lowest BCUT2D eigenvalue weighted by Crippen LogP contribution is -2.42. The molecule has 8 nitrogen and oxygen atoms in total. The van der Waals surface area contributed by atoms with Crippen LogP contribution in [-0.2, 0) is 14.4 Å². The first kappa shape index (κ1) is 22.0. The normalized spacial score (nSPS) is 33.2. The maximum atomic E-state index is 13.5. The number of rotatable bonds is 7. The number of thiazole rings is 1. The number of thioether (sulfide) groups is 1. The summed E-state index contributed by atoms with van der Waals surface area (Å²) in [5, 5.41) is 9.90. The van der Waals surface area contributed by atoms with Crippen molar-refractivity contribution in [2.24, 2.45) is 29.6 Å². The molecule has 2 bridgehead atoms. The standard InChI is InChI=1S/C24H25N3O5S2/c28-14(29)6-2-1-3-8-27-22(30)17-12-9-13(18(17)23(27)31)19-16(12)15(11-5-4-7-25-10-11)20-21(33-19)26-24(32)34-20/h4-5,7,10,12-13,15-19H,1-3,6,8-9H2,(H,26,32)(H,28,29)/t12-,13-,15-,16-,17+,18-,19+/m1/s1. The second-order valence-corrected chi connectivity index (χ2v) is 12.0. The molecule has 0 spiro atoms. The van der Waals surface area contributed by atoms with Crippen LogP contribution >= 0.6 is 23.1 Å². The van der Waals surface area contributed by atoms with E-state index in [9.17, 15) is 19.2 Å². The number of imide groups is 1. The van der Waals surface area contributed by atoms with E-state index < -0.39 is 5.97 Å². The molecule has 4 aliphatic rings. The molecule has 178 valence electrons. The predicted molar refractivity (Wildman–Crippen MR) is 126 cm³/mol. The van der Waals surface area contributed by atoms with Crippen LogP contribution in [0.15, 0.2) is 34.3 Å². The number of carboxylic acid groups (broad SMARTS) is 1. The van der Waals surface area contributed by atoms with Gasteiger partial charge in [-0.25, -0.2) is 0 Å². The number of hydrogen-bond donors (Lipinski definition) is 2. The molecule has 4 heterocycles. The number of fused-ring (bicyclic) bond motifs is 9. The number of aromatic amines is 1. The summed E-state index contributed by atoms with van der Waals surface area (Å²) >= 11 is 2.94. The van der Waals surface area contributed by atoms with E-state index >= 15 is 0 Å². The molecule has 2 N–H and O–H groups in total. The Bertz CT molecular complexity index is 1210. The van der Waals surface area contributed by atoms with Crippen LogP contribution in [0.1, 0.15) is 48.5 Å². The highest BCUT2D eigenvalue weighted by atomic mass is 32.2. The second kappa shape index (κ2) is 8.34. The molecular formula is C24H25N3O5S2. The number of amides is 2. The fourth-order valence-corrected chi connectivity index (χ4v) is 9.84. The number of pyridine rings is 1. The number of nitrogens with one attached hydrogen (secondary N) is 1. The van der Waals surface area contributed by atoms with E-state index in [4.69, 9.17) is 5.11 Å². The molecule has 0 radical (unpaired) electrons. The molecule has 2 aliphatic heterocycles. The van der Waals surface area contributed by atoms with Gasteiger partial charge in [0, 0.05) is 41.4 Å². The van der Waals surface area contributed by atoms with E-state index in [2.05, 4.69) is 9.97 Å². The molecule has 2 aliphatic carbocycles. The van der Waals surface area contributed by atoms with Crippen LogP contribution < -0.4 is 4.87 Å². The number of hydrogen-bond acceptors (Lipinski definition) is 7. The molecule has 2 aromatic rings. The number of carboxylic acids is 1. The van der Waals surface area contributed by atoms with Crippen molar-refractivity contribution in [3.05, 3.63) is 44.6 Å². The molecule has 2 aromatic heterocycles. The van der Waals surface area contributed by atoms with Gasteiger partial charge in [0.25, 0.3) is 0 Å². The third kappa shape index (κ3) is 3.29. The van der Waals surface area contributed by atoms with Crippen molar-refractivity contribution < 1.29 is 19.5 Å². The minimum atomic E-state index is -0.822. The largest absolute Gasteiger partial charge is 0.481 e. The van der Waals surface area contributed by atoms with E-state index in [0.717, 1.165) is 21.9 Å². The first-order valence-electron chi connectivity index (χ1n) is 11.8. The second-order valence-electron chi connectivity index (χ2n) is 9.78. The molecule has 7 atom stereocenters. The van der Waals surface area contributed by atoms with Gasteiger partial charge in [-0.1, -0.05) is 23.8 Å². The van der Waals surface area contributed by atoms with Crippen molar-refractivity contribution in [2.45, 2.75) is 48.3 Å². The lowest BCUT2D eigenvalue weighted by molar-refractivity contribution is -0.141. The Hall–Kier alpha value is -2.46. The lowest BCUT2D eigenvalue weighted by atomic mass is 9.68. The van der Waals surface area contributed by atoms with Crippen molar-refractivity contribution >= 4 is 40.9 Å². The molecule has 2 saturated carbocycles. The molecule has 1 saturated heterocycles. The average Bonchev–Trinajstić information content (AvgIpc) is 3.54. The molecule has 10 heteroatoms. The van der Waals surface area contributed by atoms with Crippen LogP contribution in [0.5, 0.6) is 0 Å². The highest BCUT2D eigenvalue weighted by molar-refractivity contribution is 8.00. The summed E-state index contributed by atoms with van der Waals surface area (Å²) in [7, 11) is 0. The zero-order valence-corrected chi connectivity index (χ0v) is 20.0. The maximum Gasteiger partial charge on any atom is 0.305 e. The number of aromatic nitrogens is 2. The van der Waals surface area contributed by atoms with Crippen molar-refractivity contribution in [3.63, 3.8) is 0 Å². The molecular weight excluding hydrogens is 474 g/mol. The minimum Gasteiger partial charge on any atom is -0.481 e. The highest BCUT2D eigenvalue weighted by Gasteiger charge is 2.69. The van der Waals surface area contributed by atoms with Crippen molar-refractivity contribution in [2.75, 3.05) is 6.54 Å².